The number of para-hydroxylation sites is 1. The van der Waals surface area contributed by atoms with Crippen LogP contribution in [0.3, 0.4) is 0 Å². The van der Waals surface area contributed by atoms with Crippen LogP contribution in [0.5, 0.6) is 0 Å². The average molecular weight is 351 g/mol. The Morgan fingerprint density at radius 2 is 2.05 bits per heavy atom. The van der Waals surface area contributed by atoms with Crippen LogP contribution in [-0.2, 0) is 10.1 Å². The van der Waals surface area contributed by atoms with Crippen LogP contribution >= 0.6 is 15.9 Å². The highest BCUT2D eigenvalue weighted by Gasteiger charge is 2.15. The van der Waals surface area contributed by atoms with Crippen molar-refractivity contribution in [2.24, 2.45) is 5.92 Å². The molecule has 1 aromatic heterocycles. The predicted molar refractivity (Wildman–Crippen MR) is 93.3 cm³/mol. The summed E-state index contributed by atoms with van der Waals surface area (Å²) < 4.78 is 5.26. The summed E-state index contributed by atoms with van der Waals surface area (Å²) in [6.07, 6.45) is 0. The fraction of sp³-hybridized carbons (Fsp3) is 0.471. The van der Waals surface area contributed by atoms with E-state index in [1.165, 1.54) is 10.9 Å². The second-order valence-electron chi connectivity index (χ2n) is 5.63. The lowest BCUT2D eigenvalue weighted by molar-refractivity contribution is 0.204. The van der Waals surface area contributed by atoms with Gasteiger partial charge < -0.3 is 9.64 Å². The minimum absolute atomic E-state index is 0.582. The van der Waals surface area contributed by atoms with E-state index in [-0.39, 0.29) is 0 Å². The highest BCUT2D eigenvalue weighted by atomic mass is 79.9. The number of anilines is 1. The lowest BCUT2D eigenvalue weighted by Crippen LogP contribution is -2.32. The molecule has 0 aliphatic heterocycles. The monoisotopic (exact) mass is 350 g/mol. The van der Waals surface area contributed by atoms with Crippen molar-refractivity contribution in [3.63, 3.8) is 0 Å². The van der Waals surface area contributed by atoms with Gasteiger partial charge in [0, 0.05) is 36.5 Å². The molecule has 0 unspecified atom stereocenters. The van der Waals surface area contributed by atoms with E-state index < -0.39 is 0 Å². The molecule has 0 radical (unpaired) electrons. The summed E-state index contributed by atoms with van der Waals surface area (Å²) in [5, 5.41) is 1.99. The Hall–Kier alpha value is -1.13. The number of hydrogen-bond donors (Lipinski definition) is 0. The van der Waals surface area contributed by atoms with Gasteiger partial charge in [-0.3, -0.25) is 0 Å². The van der Waals surface area contributed by atoms with Crippen LogP contribution in [0.1, 0.15) is 19.4 Å². The summed E-state index contributed by atoms with van der Waals surface area (Å²) in [4.78, 5) is 7.22. The summed E-state index contributed by atoms with van der Waals surface area (Å²) in [7, 11) is 1.74. The third kappa shape index (κ3) is 4.17. The highest BCUT2D eigenvalue weighted by molar-refractivity contribution is 9.08. The predicted octanol–water partition coefficient (Wildman–Crippen LogP) is 4.24. The number of methoxy groups -OCH3 is 1. The van der Waals surface area contributed by atoms with E-state index in [9.17, 15) is 0 Å². The van der Waals surface area contributed by atoms with E-state index in [4.69, 9.17) is 9.72 Å². The summed E-state index contributed by atoms with van der Waals surface area (Å²) in [6, 6.07) is 10.5. The molecule has 0 spiro atoms. The maximum atomic E-state index is 5.26. The summed E-state index contributed by atoms with van der Waals surface area (Å²) in [5.74, 6) is 1.65. The standard InChI is InChI=1S/C17H23BrN2O/c1-13(2)12-20(8-9-21-3)17-15(11-18)10-14-6-4-5-7-16(14)19-17/h4-7,10,13H,8-9,11-12H2,1-3H3. The molecule has 4 heteroatoms. The molecule has 0 saturated carbocycles. The molecule has 0 N–H and O–H groups in total. The number of pyridine rings is 1. The SMILES string of the molecule is COCCN(CC(C)C)c1nc2ccccc2cc1CBr. The van der Waals surface area contributed by atoms with Gasteiger partial charge in [0.05, 0.1) is 12.1 Å². The maximum Gasteiger partial charge on any atom is 0.133 e. The molecule has 2 rings (SSSR count). The quantitative estimate of drug-likeness (QED) is 0.698. The molecule has 0 aliphatic rings. The van der Waals surface area contributed by atoms with Gasteiger partial charge in [-0.25, -0.2) is 4.98 Å². The molecule has 0 fully saturated rings. The molecule has 0 amide bonds. The van der Waals surface area contributed by atoms with Crippen molar-refractivity contribution >= 4 is 32.7 Å². The number of alkyl halides is 1. The van der Waals surface area contributed by atoms with Crippen LogP contribution in [0.2, 0.25) is 0 Å². The lowest BCUT2D eigenvalue weighted by atomic mass is 10.1. The van der Waals surface area contributed by atoms with E-state index in [0.29, 0.717) is 12.5 Å². The van der Waals surface area contributed by atoms with Gasteiger partial charge in [-0.1, -0.05) is 48.0 Å². The minimum atomic E-state index is 0.582. The fourth-order valence-corrected chi connectivity index (χ4v) is 2.86. The van der Waals surface area contributed by atoms with Crippen LogP contribution in [0.25, 0.3) is 10.9 Å². The van der Waals surface area contributed by atoms with Crippen molar-refractivity contribution < 1.29 is 4.74 Å². The first-order valence-electron chi connectivity index (χ1n) is 7.34. The van der Waals surface area contributed by atoms with Gasteiger partial charge in [0.1, 0.15) is 5.82 Å². The Kier molecular flexibility index (Phi) is 6.00. The topological polar surface area (TPSA) is 25.4 Å². The molecule has 2 aromatic rings. The molecule has 1 heterocycles. The second kappa shape index (κ2) is 7.76. The Morgan fingerprint density at radius 3 is 2.71 bits per heavy atom. The van der Waals surface area contributed by atoms with Gasteiger partial charge in [-0.05, 0) is 18.1 Å². The lowest BCUT2D eigenvalue weighted by Gasteiger charge is -2.27. The van der Waals surface area contributed by atoms with Crippen LogP contribution < -0.4 is 4.90 Å². The maximum absolute atomic E-state index is 5.26. The van der Waals surface area contributed by atoms with Gasteiger partial charge >= 0.3 is 0 Å². The van der Waals surface area contributed by atoms with Crippen LogP contribution in [0.4, 0.5) is 5.82 Å². The Labute approximate surface area is 135 Å². The average Bonchev–Trinajstić information content (AvgIpc) is 2.49. The van der Waals surface area contributed by atoms with Gasteiger partial charge in [0.15, 0.2) is 0 Å². The molecule has 1 aromatic carbocycles. The zero-order valence-corrected chi connectivity index (χ0v) is 14.6. The Balaban J connectivity index is 2.43. The number of benzene rings is 1. The van der Waals surface area contributed by atoms with Gasteiger partial charge in [0.2, 0.25) is 0 Å². The number of hydrogen-bond acceptors (Lipinski definition) is 3. The molecule has 21 heavy (non-hydrogen) atoms. The van der Waals surface area contributed by atoms with E-state index in [2.05, 4.69) is 58.9 Å². The molecule has 0 atom stereocenters. The van der Waals surface area contributed by atoms with Crippen molar-refractivity contribution in [1.82, 2.24) is 4.98 Å². The first-order chi connectivity index (χ1) is 10.2. The molecule has 0 saturated heterocycles. The molecular formula is C17H23BrN2O. The normalized spacial score (nSPS) is 11.3. The fourth-order valence-electron chi connectivity index (χ4n) is 2.45. The Bertz CT molecular complexity index is 586. The van der Waals surface area contributed by atoms with Crippen LogP contribution in [-0.4, -0.2) is 31.8 Å². The Morgan fingerprint density at radius 1 is 1.29 bits per heavy atom. The highest BCUT2D eigenvalue weighted by Crippen LogP contribution is 2.26. The van der Waals surface area contributed by atoms with E-state index in [1.54, 1.807) is 7.11 Å². The van der Waals surface area contributed by atoms with Crippen molar-refractivity contribution in [3.05, 3.63) is 35.9 Å². The summed E-state index contributed by atoms with van der Waals surface area (Å²) >= 11 is 3.60. The second-order valence-corrected chi connectivity index (χ2v) is 6.19. The summed E-state index contributed by atoms with van der Waals surface area (Å²) in [5.41, 5.74) is 2.27. The molecular weight excluding hydrogens is 328 g/mol. The zero-order valence-electron chi connectivity index (χ0n) is 13.0. The van der Waals surface area contributed by atoms with Gasteiger partial charge in [0.25, 0.3) is 0 Å². The molecule has 114 valence electrons. The number of nitrogens with zero attached hydrogens (tertiary/aromatic N) is 2. The van der Waals surface area contributed by atoms with Crippen molar-refractivity contribution in [2.45, 2.75) is 19.2 Å². The largest absolute Gasteiger partial charge is 0.383 e. The zero-order chi connectivity index (χ0) is 15.2. The van der Waals surface area contributed by atoms with Gasteiger partial charge in [-0.2, -0.15) is 0 Å². The minimum Gasteiger partial charge on any atom is -0.383 e. The first kappa shape index (κ1) is 16.2. The number of ether oxygens (including phenoxy) is 1. The molecule has 0 aliphatic carbocycles. The summed E-state index contributed by atoms with van der Waals surface area (Å²) in [6.45, 7) is 7.01. The number of aromatic nitrogens is 1. The van der Waals surface area contributed by atoms with Crippen LogP contribution in [0, 0.1) is 5.92 Å². The third-order valence-corrected chi connectivity index (χ3v) is 3.98. The number of halogens is 1. The smallest absolute Gasteiger partial charge is 0.133 e. The van der Waals surface area contributed by atoms with Crippen molar-refractivity contribution in [2.75, 3.05) is 31.7 Å². The number of fused-ring (bicyclic) bond motifs is 1. The van der Waals surface area contributed by atoms with E-state index >= 15 is 0 Å². The van der Waals surface area contributed by atoms with Crippen LogP contribution in [0.15, 0.2) is 30.3 Å². The van der Waals surface area contributed by atoms with Crippen molar-refractivity contribution in [3.8, 4) is 0 Å². The number of rotatable bonds is 7. The molecule has 0 bridgehead atoms. The third-order valence-electron chi connectivity index (χ3n) is 3.37. The van der Waals surface area contributed by atoms with E-state index in [0.717, 1.165) is 29.8 Å². The molecule has 3 nitrogen and oxygen atoms in total. The van der Waals surface area contributed by atoms with Crippen molar-refractivity contribution in [1.29, 1.82) is 0 Å². The van der Waals surface area contributed by atoms with E-state index in [1.807, 2.05) is 6.07 Å². The first-order valence-corrected chi connectivity index (χ1v) is 8.46. The van der Waals surface area contributed by atoms with Gasteiger partial charge in [-0.15, -0.1) is 0 Å².